The van der Waals surface area contributed by atoms with Gasteiger partial charge in [-0.3, -0.25) is 9.59 Å². The number of rotatable bonds is 7. The van der Waals surface area contributed by atoms with E-state index in [2.05, 4.69) is 10.6 Å². The van der Waals surface area contributed by atoms with Crippen LogP contribution in [-0.4, -0.2) is 31.5 Å². The Balaban J connectivity index is 2.50. The van der Waals surface area contributed by atoms with E-state index in [-0.39, 0.29) is 24.5 Å². The zero-order chi connectivity index (χ0) is 15.0. The normalized spacial score (nSPS) is 11.6. The molecule has 1 aromatic rings. The monoisotopic (exact) mass is 279 g/mol. The molecule has 1 aromatic carbocycles. The quantitative estimate of drug-likeness (QED) is 0.690. The fourth-order valence-electron chi connectivity index (χ4n) is 1.47. The van der Waals surface area contributed by atoms with E-state index in [0.29, 0.717) is 24.3 Å². The van der Waals surface area contributed by atoms with Crippen LogP contribution in [-0.2, 0) is 9.59 Å². The maximum absolute atomic E-state index is 11.7. The lowest BCUT2D eigenvalue weighted by molar-refractivity contribution is -0.122. The van der Waals surface area contributed by atoms with Gasteiger partial charge in [0.05, 0.1) is 0 Å². The molecule has 1 unspecified atom stereocenters. The van der Waals surface area contributed by atoms with Gasteiger partial charge in [-0.25, -0.2) is 0 Å². The van der Waals surface area contributed by atoms with E-state index < -0.39 is 0 Å². The van der Waals surface area contributed by atoms with Gasteiger partial charge in [0.1, 0.15) is 5.75 Å². The van der Waals surface area contributed by atoms with Gasteiger partial charge in [-0.1, -0.05) is 6.07 Å². The molecule has 1 atom stereocenters. The number of likely N-dealkylation sites (N-methyl/N-ethyl adjacent to an activating group) is 1. The van der Waals surface area contributed by atoms with Crippen molar-refractivity contribution in [1.29, 1.82) is 0 Å². The molecule has 2 amide bonds. The summed E-state index contributed by atoms with van der Waals surface area (Å²) in [5.41, 5.74) is 6.23. The number of nitrogens with one attached hydrogen (secondary N) is 2. The summed E-state index contributed by atoms with van der Waals surface area (Å²) < 4.78 is 5.30. The van der Waals surface area contributed by atoms with Crippen LogP contribution in [0.1, 0.15) is 19.8 Å². The van der Waals surface area contributed by atoms with Crippen molar-refractivity contribution in [2.45, 2.75) is 25.8 Å². The molecule has 0 aliphatic carbocycles. The molecule has 0 fully saturated rings. The van der Waals surface area contributed by atoms with Crippen molar-refractivity contribution in [3.8, 4) is 5.75 Å². The first kappa shape index (κ1) is 16.0. The summed E-state index contributed by atoms with van der Waals surface area (Å²) in [6, 6.07) is 6.91. The van der Waals surface area contributed by atoms with E-state index in [1.807, 2.05) is 6.92 Å². The average Bonchev–Trinajstić information content (AvgIpc) is 2.43. The molecular formula is C14H21N3O3. The summed E-state index contributed by atoms with van der Waals surface area (Å²) in [7, 11) is 1.54. The Morgan fingerprint density at radius 3 is 2.75 bits per heavy atom. The van der Waals surface area contributed by atoms with Crippen LogP contribution in [0.25, 0.3) is 0 Å². The van der Waals surface area contributed by atoms with Crippen molar-refractivity contribution in [3.63, 3.8) is 0 Å². The average molecular weight is 279 g/mol. The molecule has 110 valence electrons. The minimum atomic E-state index is -0.212. The third-order valence-corrected chi connectivity index (χ3v) is 2.59. The highest BCUT2D eigenvalue weighted by Gasteiger charge is 2.06. The zero-order valence-electron chi connectivity index (χ0n) is 11.8. The molecule has 0 spiro atoms. The van der Waals surface area contributed by atoms with Crippen molar-refractivity contribution >= 4 is 17.5 Å². The molecular weight excluding hydrogens is 258 g/mol. The van der Waals surface area contributed by atoms with Crippen molar-refractivity contribution in [3.05, 3.63) is 24.3 Å². The van der Waals surface area contributed by atoms with Gasteiger partial charge in [0.15, 0.2) is 6.61 Å². The van der Waals surface area contributed by atoms with E-state index in [9.17, 15) is 9.59 Å². The van der Waals surface area contributed by atoms with Crippen LogP contribution in [0.3, 0.4) is 0 Å². The van der Waals surface area contributed by atoms with Gasteiger partial charge in [0.25, 0.3) is 5.91 Å². The maximum Gasteiger partial charge on any atom is 0.257 e. The summed E-state index contributed by atoms with van der Waals surface area (Å²) in [4.78, 5) is 22.7. The second-order valence-corrected chi connectivity index (χ2v) is 4.55. The fraction of sp³-hybridized carbons (Fsp3) is 0.429. The third kappa shape index (κ3) is 6.19. The minimum Gasteiger partial charge on any atom is -0.484 e. The summed E-state index contributed by atoms with van der Waals surface area (Å²) in [5.74, 6) is 0.223. The van der Waals surface area contributed by atoms with Crippen LogP contribution >= 0.6 is 0 Å². The van der Waals surface area contributed by atoms with E-state index in [1.54, 1.807) is 31.3 Å². The van der Waals surface area contributed by atoms with Crippen molar-refractivity contribution < 1.29 is 14.3 Å². The number of hydrogen-bond acceptors (Lipinski definition) is 4. The van der Waals surface area contributed by atoms with Gasteiger partial charge < -0.3 is 21.1 Å². The highest BCUT2D eigenvalue weighted by Crippen LogP contribution is 2.17. The van der Waals surface area contributed by atoms with Crippen LogP contribution in [0, 0.1) is 0 Å². The number of nitrogens with two attached hydrogens (primary N) is 1. The van der Waals surface area contributed by atoms with E-state index in [1.165, 1.54) is 0 Å². The largest absolute Gasteiger partial charge is 0.484 e. The Bertz CT molecular complexity index is 461. The van der Waals surface area contributed by atoms with Crippen LogP contribution in [0.5, 0.6) is 5.75 Å². The van der Waals surface area contributed by atoms with Gasteiger partial charge in [-0.15, -0.1) is 0 Å². The molecule has 0 aliphatic rings. The topological polar surface area (TPSA) is 93.5 Å². The van der Waals surface area contributed by atoms with Crippen molar-refractivity contribution in [2.24, 2.45) is 5.73 Å². The van der Waals surface area contributed by atoms with Gasteiger partial charge in [0, 0.05) is 31.3 Å². The number of carbonyl (C=O) groups excluding carboxylic acids is 2. The predicted octanol–water partition coefficient (Wildman–Crippen LogP) is 0.877. The Hall–Kier alpha value is -2.08. The molecule has 0 aliphatic heterocycles. The van der Waals surface area contributed by atoms with Crippen molar-refractivity contribution in [1.82, 2.24) is 5.32 Å². The molecule has 0 heterocycles. The molecule has 0 saturated heterocycles. The molecule has 6 heteroatoms. The Morgan fingerprint density at radius 2 is 2.10 bits per heavy atom. The van der Waals surface area contributed by atoms with Crippen LogP contribution in [0.4, 0.5) is 5.69 Å². The van der Waals surface area contributed by atoms with Crippen LogP contribution < -0.4 is 21.1 Å². The first-order chi connectivity index (χ1) is 9.51. The lowest BCUT2D eigenvalue weighted by Gasteiger charge is -2.09. The first-order valence-corrected chi connectivity index (χ1v) is 6.50. The molecule has 0 saturated carbocycles. The van der Waals surface area contributed by atoms with E-state index >= 15 is 0 Å². The number of hydrogen-bond donors (Lipinski definition) is 3. The second-order valence-electron chi connectivity index (χ2n) is 4.55. The number of benzene rings is 1. The highest BCUT2D eigenvalue weighted by molar-refractivity contribution is 5.90. The van der Waals surface area contributed by atoms with Crippen LogP contribution in [0.15, 0.2) is 24.3 Å². The highest BCUT2D eigenvalue weighted by atomic mass is 16.5. The number of amides is 2. The Labute approximate surface area is 118 Å². The molecule has 0 radical (unpaired) electrons. The van der Waals surface area contributed by atoms with E-state index in [4.69, 9.17) is 10.5 Å². The SMILES string of the molecule is CNC(=O)COc1cccc(NC(=O)CCC(C)N)c1. The Morgan fingerprint density at radius 1 is 1.35 bits per heavy atom. The van der Waals surface area contributed by atoms with Crippen molar-refractivity contribution in [2.75, 3.05) is 19.0 Å². The first-order valence-electron chi connectivity index (χ1n) is 6.50. The molecule has 0 bridgehead atoms. The van der Waals surface area contributed by atoms with Gasteiger partial charge in [-0.05, 0) is 25.5 Å². The van der Waals surface area contributed by atoms with Crippen LogP contribution in [0.2, 0.25) is 0 Å². The number of ether oxygens (including phenoxy) is 1. The van der Waals surface area contributed by atoms with Gasteiger partial charge >= 0.3 is 0 Å². The Kier molecular flexibility index (Phi) is 6.52. The number of carbonyl (C=O) groups is 2. The molecule has 20 heavy (non-hydrogen) atoms. The summed E-state index contributed by atoms with van der Waals surface area (Å²) in [6.07, 6.45) is 1.01. The molecule has 0 aromatic heterocycles. The lowest BCUT2D eigenvalue weighted by Crippen LogP contribution is -2.24. The van der Waals surface area contributed by atoms with Gasteiger partial charge in [-0.2, -0.15) is 0 Å². The molecule has 4 N–H and O–H groups in total. The minimum absolute atomic E-state index is 0.00275. The molecule has 1 rings (SSSR count). The van der Waals surface area contributed by atoms with Gasteiger partial charge in [0.2, 0.25) is 5.91 Å². The second kappa shape index (κ2) is 8.16. The van der Waals surface area contributed by atoms with E-state index in [0.717, 1.165) is 0 Å². The predicted molar refractivity (Wildman–Crippen MR) is 77.5 cm³/mol. The lowest BCUT2D eigenvalue weighted by atomic mass is 10.2. The zero-order valence-corrected chi connectivity index (χ0v) is 11.8. The molecule has 6 nitrogen and oxygen atoms in total. The number of anilines is 1. The summed E-state index contributed by atoms with van der Waals surface area (Å²) in [6.45, 7) is 1.80. The summed E-state index contributed by atoms with van der Waals surface area (Å²) >= 11 is 0. The fourth-order valence-corrected chi connectivity index (χ4v) is 1.47. The third-order valence-electron chi connectivity index (χ3n) is 2.59. The maximum atomic E-state index is 11.7. The smallest absolute Gasteiger partial charge is 0.257 e. The standard InChI is InChI=1S/C14H21N3O3/c1-10(15)6-7-13(18)17-11-4-3-5-12(8-11)20-9-14(19)16-2/h3-5,8,10H,6-7,9,15H2,1-2H3,(H,16,19)(H,17,18). The summed E-state index contributed by atoms with van der Waals surface area (Å²) in [5, 5.41) is 5.23.